The molecule has 22 heavy (non-hydrogen) atoms. The van der Waals surface area contributed by atoms with E-state index in [1.54, 1.807) is 0 Å². The number of carboxylic acid groups (broad SMARTS) is 1. The van der Waals surface area contributed by atoms with Gasteiger partial charge >= 0.3 is 5.97 Å². The molecule has 0 unspecified atom stereocenters. The number of rotatable bonds is 5. The first-order valence-electron chi connectivity index (χ1n) is 5.78. The van der Waals surface area contributed by atoms with E-state index in [0.717, 1.165) is 18.3 Å². The van der Waals surface area contributed by atoms with Crippen LogP contribution >= 0.6 is 0 Å². The van der Waals surface area contributed by atoms with Gasteiger partial charge in [0.2, 0.25) is 0 Å². The lowest BCUT2D eigenvalue weighted by Gasteiger charge is -2.08. The Balaban J connectivity index is 2.48. The van der Waals surface area contributed by atoms with E-state index in [-0.39, 0.29) is 17.2 Å². The largest absolute Gasteiger partial charge is 0.477 e. The quantitative estimate of drug-likeness (QED) is 0.631. The van der Waals surface area contributed by atoms with Gasteiger partial charge in [-0.25, -0.2) is 9.78 Å². The summed E-state index contributed by atoms with van der Waals surface area (Å²) in [5.41, 5.74) is -1.29. The molecule has 2 rings (SSSR count). The van der Waals surface area contributed by atoms with Crippen LogP contribution in [0.25, 0.3) is 0 Å². The van der Waals surface area contributed by atoms with E-state index in [1.165, 1.54) is 18.2 Å². The Morgan fingerprint density at radius 3 is 2.50 bits per heavy atom. The van der Waals surface area contributed by atoms with Crippen molar-refractivity contribution in [2.75, 3.05) is 5.32 Å². The molecule has 2 N–H and O–H groups in total. The molecule has 0 spiro atoms. The van der Waals surface area contributed by atoms with Crippen molar-refractivity contribution in [2.45, 2.75) is 0 Å². The molecule has 112 valence electrons. The molecule has 1 heterocycles. The molecule has 0 aliphatic heterocycles. The molecule has 2 aromatic rings. The fourth-order valence-electron chi connectivity index (χ4n) is 1.74. The maximum Gasteiger partial charge on any atom is 0.346 e. The third kappa shape index (κ3) is 2.95. The number of nitro benzene ring substituents is 1. The van der Waals surface area contributed by atoms with Crippen LogP contribution in [-0.2, 0) is 0 Å². The van der Waals surface area contributed by atoms with Crippen LogP contribution in [0.4, 0.5) is 22.9 Å². The van der Waals surface area contributed by atoms with Gasteiger partial charge in [-0.1, -0.05) is 6.07 Å². The number of non-ortho nitro benzene ring substituents is 1. The van der Waals surface area contributed by atoms with Crippen LogP contribution in [0.5, 0.6) is 0 Å². The van der Waals surface area contributed by atoms with Crippen molar-refractivity contribution < 1.29 is 19.7 Å². The lowest BCUT2D eigenvalue weighted by molar-refractivity contribution is -0.385. The first-order chi connectivity index (χ1) is 10.4. The minimum Gasteiger partial charge on any atom is -0.477 e. The van der Waals surface area contributed by atoms with E-state index in [0.29, 0.717) is 0 Å². The summed E-state index contributed by atoms with van der Waals surface area (Å²) in [5, 5.41) is 33.2. The lowest BCUT2D eigenvalue weighted by Crippen LogP contribution is -2.08. The van der Waals surface area contributed by atoms with E-state index in [2.05, 4.69) is 10.3 Å². The predicted octanol–water partition coefficient (Wildman–Crippen LogP) is 2.34. The first-order valence-corrected chi connectivity index (χ1v) is 5.78. The number of pyridine rings is 1. The fraction of sp³-hybridized carbons (Fsp3) is 0. The Morgan fingerprint density at radius 1 is 1.18 bits per heavy atom. The van der Waals surface area contributed by atoms with Crippen LogP contribution in [0, 0.1) is 20.2 Å². The molecule has 0 aliphatic carbocycles. The highest BCUT2D eigenvalue weighted by Gasteiger charge is 2.25. The minimum atomic E-state index is -1.53. The number of nitro groups is 2. The number of aromatic carboxylic acids is 1. The van der Waals surface area contributed by atoms with E-state index in [1.807, 2.05) is 0 Å². The van der Waals surface area contributed by atoms with Gasteiger partial charge in [0.15, 0.2) is 11.4 Å². The number of anilines is 2. The number of nitrogens with zero attached hydrogens (tertiary/aromatic N) is 3. The molecule has 0 saturated heterocycles. The standard InChI is InChI=1S/C12H8N4O6/c17-12(18)10-9(16(21)22)4-5-13-11(10)14-7-2-1-3-8(6-7)15(19)20/h1-6H,(H,13,14)(H,17,18). The molecule has 0 fully saturated rings. The zero-order valence-corrected chi connectivity index (χ0v) is 10.8. The summed E-state index contributed by atoms with van der Waals surface area (Å²) in [6.45, 7) is 0. The molecular weight excluding hydrogens is 296 g/mol. The molecule has 10 nitrogen and oxygen atoms in total. The fourth-order valence-corrected chi connectivity index (χ4v) is 1.74. The Morgan fingerprint density at radius 2 is 1.91 bits per heavy atom. The van der Waals surface area contributed by atoms with Gasteiger partial charge in [0.1, 0.15) is 0 Å². The van der Waals surface area contributed by atoms with Crippen LogP contribution in [0.2, 0.25) is 0 Å². The molecule has 0 radical (unpaired) electrons. The molecule has 0 atom stereocenters. The summed E-state index contributed by atoms with van der Waals surface area (Å²) in [7, 11) is 0. The maximum atomic E-state index is 11.2. The van der Waals surface area contributed by atoms with E-state index in [4.69, 9.17) is 5.11 Å². The molecule has 0 aliphatic rings. The van der Waals surface area contributed by atoms with Crippen LogP contribution in [-0.4, -0.2) is 25.9 Å². The van der Waals surface area contributed by atoms with Gasteiger partial charge in [-0.15, -0.1) is 0 Å². The summed E-state index contributed by atoms with van der Waals surface area (Å²) in [6, 6.07) is 6.20. The summed E-state index contributed by atoms with van der Waals surface area (Å²) in [5.74, 6) is -1.81. The first kappa shape index (κ1) is 14.8. The van der Waals surface area contributed by atoms with Gasteiger partial charge in [-0.05, 0) is 6.07 Å². The van der Waals surface area contributed by atoms with Crippen molar-refractivity contribution in [3.63, 3.8) is 0 Å². The normalized spacial score (nSPS) is 10.0. The molecule has 0 bridgehead atoms. The summed E-state index contributed by atoms with van der Waals surface area (Å²) >= 11 is 0. The number of carboxylic acids is 1. The van der Waals surface area contributed by atoms with Crippen molar-refractivity contribution in [2.24, 2.45) is 0 Å². The SMILES string of the molecule is O=C(O)c1c([N+](=O)[O-])ccnc1Nc1cccc([N+](=O)[O-])c1. The molecule has 1 aromatic heterocycles. The van der Waals surface area contributed by atoms with Gasteiger partial charge in [-0.3, -0.25) is 20.2 Å². The van der Waals surface area contributed by atoms with Crippen LogP contribution < -0.4 is 5.32 Å². The lowest BCUT2D eigenvalue weighted by atomic mass is 10.2. The van der Waals surface area contributed by atoms with Crippen LogP contribution in [0.15, 0.2) is 36.5 Å². The average molecular weight is 304 g/mol. The third-order valence-corrected chi connectivity index (χ3v) is 2.66. The number of nitrogens with one attached hydrogen (secondary N) is 1. The monoisotopic (exact) mass is 304 g/mol. The van der Waals surface area contributed by atoms with Crippen molar-refractivity contribution in [3.05, 3.63) is 62.3 Å². The molecule has 10 heteroatoms. The number of hydrogen-bond donors (Lipinski definition) is 2. The van der Waals surface area contributed by atoms with Crippen molar-refractivity contribution in [1.82, 2.24) is 4.98 Å². The second-order valence-corrected chi connectivity index (χ2v) is 4.05. The highest BCUT2D eigenvalue weighted by atomic mass is 16.6. The summed E-state index contributed by atoms with van der Waals surface area (Å²) < 4.78 is 0. The molecule has 0 saturated carbocycles. The molecule has 1 aromatic carbocycles. The summed E-state index contributed by atoms with van der Waals surface area (Å²) in [6.07, 6.45) is 1.07. The number of carbonyl (C=O) groups is 1. The predicted molar refractivity (Wildman–Crippen MR) is 74.2 cm³/mol. The maximum absolute atomic E-state index is 11.2. The van der Waals surface area contributed by atoms with Gasteiger partial charge in [-0.2, -0.15) is 0 Å². The second-order valence-electron chi connectivity index (χ2n) is 4.05. The van der Waals surface area contributed by atoms with Crippen LogP contribution in [0.3, 0.4) is 0 Å². The van der Waals surface area contributed by atoms with E-state index in [9.17, 15) is 25.0 Å². The Hall–Kier alpha value is -3.56. The topological polar surface area (TPSA) is 148 Å². The zero-order valence-electron chi connectivity index (χ0n) is 10.8. The number of hydrogen-bond acceptors (Lipinski definition) is 7. The van der Waals surface area contributed by atoms with Gasteiger partial charge in [0.05, 0.1) is 9.85 Å². The Labute approximate surface area is 122 Å². The highest BCUT2D eigenvalue weighted by Crippen LogP contribution is 2.27. The highest BCUT2D eigenvalue weighted by molar-refractivity contribution is 5.98. The van der Waals surface area contributed by atoms with E-state index >= 15 is 0 Å². The van der Waals surface area contributed by atoms with Crippen molar-refractivity contribution in [3.8, 4) is 0 Å². The second kappa shape index (κ2) is 5.83. The van der Waals surface area contributed by atoms with Gasteiger partial charge in [0.25, 0.3) is 11.4 Å². The number of benzene rings is 1. The Bertz CT molecular complexity index is 776. The van der Waals surface area contributed by atoms with Gasteiger partial charge < -0.3 is 10.4 Å². The smallest absolute Gasteiger partial charge is 0.346 e. The van der Waals surface area contributed by atoms with Crippen molar-refractivity contribution >= 4 is 28.8 Å². The van der Waals surface area contributed by atoms with Crippen LogP contribution in [0.1, 0.15) is 10.4 Å². The average Bonchev–Trinajstić information content (AvgIpc) is 2.46. The van der Waals surface area contributed by atoms with Gasteiger partial charge in [0, 0.05) is 30.1 Å². The van der Waals surface area contributed by atoms with Crippen molar-refractivity contribution in [1.29, 1.82) is 0 Å². The number of aromatic nitrogens is 1. The zero-order chi connectivity index (χ0) is 16.3. The molecule has 0 amide bonds. The third-order valence-electron chi connectivity index (χ3n) is 2.66. The Kier molecular flexibility index (Phi) is 3.93. The van der Waals surface area contributed by atoms with E-state index < -0.39 is 27.1 Å². The minimum absolute atomic E-state index is 0.185. The molecular formula is C12H8N4O6. The summed E-state index contributed by atoms with van der Waals surface area (Å²) in [4.78, 5) is 35.1.